The lowest BCUT2D eigenvalue weighted by atomic mass is 9.84. The van der Waals surface area contributed by atoms with E-state index in [0.717, 1.165) is 30.6 Å². The van der Waals surface area contributed by atoms with Gasteiger partial charge < -0.3 is 10.8 Å². The molecular formula is C15H16N2O4. The zero-order valence-electron chi connectivity index (χ0n) is 11.5. The van der Waals surface area contributed by atoms with E-state index in [2.05, 4.69) is 0 Å². The number of hydrogen-bond acceptors (Lipinski definition) is 4. The van der Waals surface area contributed by atoms with E-state index in [4.69, 9.17) is 10.8 Å². The summed E-state index contributed by atoms with van der Waals surface area (Å²) in [4.78, 5) is 36.9. The number of hydrogen-bond donors (Lipinski definition) is 2. The lowest BCUT2D eigenvalue weighted by Crippen LogP contribution is -2.34. The Kier molecular flexibility index (Phi) is 2.97. The predicted octanol–water partition coefficient (Wildman–Crippen LogP) is 1.79. The molecule has 1 aromatic rings. The van der Waals surface area contributed by atoms with Crippen molar-refractivity contribution in [1.82, 2.24) is 0 Å². The lowest BCUT2D eigenvalue weighted by Gasteiger charge is -2.22. The second-order valence-electron chi connectivity index (χ2n) is 5.78. The fourth-order valence-corrected chi connectivity index (χ4v) is 3.37. The molecule has 1 aliphatic carbocycles. The van der Waals surface area contributed by atoms with Crippen LogP contribution in [-0.2, 0) is 9.59 Å². The molecule has 1 saturated heterocycles. The molecule has 0 unspecified atom stereocenters. The van der Waals surface area contributed by atoms with Gasteiger partial charge in [0, 0.05) is 6.42 Å². The highest BCUT2D eigenvalue weighted by atomic mass is 16.4. The molecule has 1 heterocycles. The van der Waals surface area contributed by atoms with Crippen LogP contribution in [0.2, 0.25) is 0 Å². The van der Waals surface area contributed by atoms with E-state index in [0.29, 0.717) is 5.69 Å². The minimum absolute atomic E-state index is 0.0333. The van der Waals surface area contributed by atoms with Gasteiger partial charge in [-0.25, -0.2) is 9.69 Å². The van der Waals surface area contributed by atoms with Crippen molar-refractivity contribution in [2.45, 2.75) is 32.1 Å². The fraction of sp³-hybridized carbons (Fsp3) is 0.400. The van der Waals surface area contributed by atoms with Gasteiger partial charge in [-0.05, 0) is 31.0 Å². The van der Waals surface area contributed by atoms with Crippen LogP contribution in [-0.4, -0.2) is 22.9 Å². The van der Waals surface area contributed by atoms with Crippen molar-refractivity contribution in [3.63, 3.8) is 0 Å². The zero-order chi connectivity index (χ0) is 15.2. The van der Waals surface area contributed by atoms with Gasteiger partial charge in [0.2, 0.25) is 11.8 Å². The average Bonchev–Trinajstić information content (AvgIpc) is 2.98. The number of carboxylic acids is 1. The van der Waals surface area contributed by atoms with Crippen LogP contribution in [0, 0.1) is 5.41 Å². The van der Waals surface area contributed by atoms with Gasteiger partial charge in [-0.2, -0.15) is 0 Å². The third-order valence-electron chi connectivity index (χ3n) is 4.47. The maximum atomic E-state index is 12.6. The van der Waals surface area contributed by atoms with E-state index in [1.54, 1.807) is 0 Å². The molecule has 1 spiro atoms. The topological polar surface area (TPSA) is 101 Å². The van der Waals surface area contributed by atoms with Gasteiger partial charge in [0.1, 0.15) is 0 Å². The molecule has 2 fully saturated rings. The van der Waals surface area contributed by atoms with Gasteiger partial charge in [0.15, 0.2) is 0 Å². The van der Waals surface area contributed by atoms with E-state index in [-0.39, 0.29) is 29.5 Å². The number of nitrogens with zero attached hydrogens (tertiary/aromatic N) is 1. The summed E-state index contributed by atoms with van der Waals surface area (Å²) in [5, 5.41) is 8.93. The smallest absolute Gasteiger partial charge is 0.335 e. The summed E-state index contributed by atoms with van der Waals surface area (Å²) in [6.45, 7) is 0. The molecule has 1 aromatic carbocycles. The highest BCUT2D eigenvalue weighted by molar-refractivity contribution is 6.23. The molecule has 0 atom stereocenters. The Balaban J connectivity index is 1.99. The Labute approximate surface area is 121 Å². The maximum absolute atomic E-state index is 12.6. The molecule has 2 amide bonds. The molecule has 2 aliphatic rings. The van der Waals surface area contributed by atoms with Crippen molar-refractivity contribution < 1.29 is 19.5 Å². The molecule has 0 bridgehead atoms. The first-order valence-electron chi connectivity index (χ1n) is 6.95. The number of nitrogen functional groups attached to an aromatic ring is 1. The van der Waals surface area contributed by atoms with Crippen molar-refractivity contribution in [1.29, 1.82) is 0 Å². The Hall–Kier alpha value is -2.37. The summed E-state index contributed by atoms with van der Waals surface area (Å²) in [7, 11) is 0. The van der Waals surface area contributed by atoms with E-state index in [9.17, 15) is 14.4 Å². The summed E-state index contributed by atoms with van der Waals surface area (Å²) in [6.07, 6.45) is 3.62. The van der Waals surface area contributed by atoms with Crippen molar-refractivity contribution in [2.75, 3.05) is 10.6 Å². The highest BCUT2D eigenvalue weighted by Gasteiger charge is 2.53. The Morgan fingerprint density at radius 1 is 1.24 bits per heavy atom. The summed E-state index contributed by atoms with van der Waals surface area (Å²) in [5.41, 5.74) is 5.74. The van der Waals surface area contributed by atoms with Crippen LogP contribution in [0.25, 0.3) is 0 Å². The van der Waals surface area contributed by atoms with Crippen molar-refractivity contribution in [2.24, 2.45) is 5.41 Å². The predicted molar refractivity (Wildman–Crippen MR) is 75.8 cm³/mol. The second kappa shape index (κ2) is 4.58. The minimum atomic E-state index is -1.10. The van der Waals surface area contributed by atoms with Crippen LogP contribution in [0.4, 0.5) is 11.4 Å². The molecule has 6 nitrogen and oxygen atoms in total. The van der Waals surface area contributed by atoms with Crippen molar-refractivity contribution >= 4 is 29.2 Å². The zero-order valence-corrected chi connectivity index (χ0v) is 11.5. The summed E-state index contributed by atoms with van der Waals surface area (Å²) < 4.78 is 0. The molecule has 0 radical (unpaired) electrons. The number of rotatable bonds is 2. The molecule has 21 heavy (non-hydrogen) atoms. The van der Waals surface area contributed by atoms with E-state index in [1.165, 1.54) is 18.2 Å². The molecule has 1 aliphatic heterocycles. The first-order valence-corrected chi connectivity index (χ1v) is 6.95. The van der Waals surface area contributed by atoms with Gasteiger partial charge in [0.25, 0.3) is 0 Å². The van der Waals surface area contributed by atoms with Crippen LogP contribution in [0.15, 0.2) is 18.2 Å². The number of benzene rings is 1. The number of nitrogens with two attached hydrogens (primary N) is 1. The van der Waals surface area contributed by atoms with Crippen molar-refractivity contribution in [3.05, 3.63) is 23.8 Å². The Morgan fingerprint density at radius 2 is 1.90 bits per heavy atom. The number of imide groups is 1. The first-order chi connectivity index (χ1) is 9.94. The van der Waals surface area contributed by atoms with Crippen LogP contribution >= 0.6 is 0 Å². The Morgan fingerprint density at radius 3 is 2.48 bits per heavy atom. The van der Waals surface area contributed by atoms with E-state index in [1.807, 2.05) is 0 Å². The second-order valence-corrected chi connectivity index (χ2v) is 5.78. The standard InChI is InChI=1S/C15H16N2O4/c16-10-7-9(13(19)20)3-4-11(10)17-12(18)8-15(14(17)21)5-1-2-6-15/h3-4,7H,1-2,5-6,8,16H2,(H,19,20). The number of carbonyl (C=O) groups is 3. The van der Waals surface area contributed by atoms with Gasteiger partial charge in [-0.1, -0.05) is 12.8 Å². The number of carboxylic acid groups (broad SMARTS) is 1. The molecular weight excluding hydrogens is 272 g/mol. The third kappa shape index (κ3) is 1.98. The lowest BCUT2D eigenvalue weighted by molar-refractivity contribution is -0.125. The average molecular weight is 288 g/mol. The quantitative estimate of drug-likeness (QED) is 0.638. The van der Waals surface area contributed by atoms with Gasteiger partial charge in [-0.3, -0.25) is 9.59 Å². The molecule has 3 rings (SSSR count). The molecule has 110 valence electrons. The SMILES string of the molecule is Nc1cc(C(=O)O)ccc1N1C(=O)CC2(CCCC2)C1=O. The normalized spacial score (nSPS) is 20.5. The van der Waals surface area contributed by atoms with E-state index >= 15 is 0 Å². The number of anilines is 2. The van der Waals surface area contributed by atoms with Crippen molar-refractivity contribution in [3.8, 4) is 0 Å². The first kappa shape index (κ1) is 13.6. The largest absolute Gasteiger partial charge is 0.478 e. The number of aromatic carboxylic acids is 1. The van der Waals surface area contributed by atoms with Crippen LogP contribution in [0.5, 0.6) is 0 Å². The van der Waals surface area contributed by atoms with Crippen LogP contribution in [0.1, 0.15) is 42.5 Å². The molecule has 6 heteroatoms. The number of amides is 2. The Bertz CT molecular complexity index is 647. The minimum Gasteiger partial charge on any atom is -0.478 e. The molecule has 1 saturated carbocycles. The maximum Gasteiger partial charge on any atom is 0.335 e. The molecule has 0 aromatic heterocycles. The van der Waals surface area contributed by atoms with Crippen LogP contribution < -0.4 is 10.6 Å². The van der Waals surface area contributed by atoms with Gasteiger partial charge in [-0.15, -0.1) is 0 Å². The van der Waals surface area contributed by atoms with Gasteiger partial charge in [0.05, 0.1) is 22.4 Å². The van der Waals surface area contributed by atoms with Crippen LogP contribution in [0.3, 0.4) is 0 Å². The monoisotopic (exact) mass is 288 g/mol. The third-order valence-corrected chi connectivity index (χ3v) is 4.47. The fourth-order valence-electron chi connectivity index (χ4n) is 3.37. The summed E-state index contributed by atoms with van der Waals surface area (Å²) >= 11 is 0. The molecule has 3 N–H and O–H groups in total. The summed E-state index contributed by atoms with van der Waals surface area (Å²) in [6, 6.07) is 4.06. The van der Waals surface area contributed by atoms with E-state index < -0.39 is 11.4 Å². The number of carbonyl (C=O) groups excluding carboxylic acids is 2. The van der Waals surface area contributed by atoms with Gasteiger partial charge >= 0.3 is 5.97 Å². The summed E-state index contributed by atoms with van der Waals surface area (Å²) in [5.74, 6) is -1.55. The highest BCUT2D eigenvalue weighted by Crippen LogP contribution is 2.48.